The molecule has 4 spiro atoms. The number of rotatable bonds is 3. The number of piperazine rings is 2. The zero-order valence-corrected chi connectivity index (χ0v) is 35.7. The number of nitrogens with one attached hydrogen (secondary N) is 2. The van der Waals surface area contributed by atoms with Crippen LogP contribution in [0.5, 0.6) is 0 Å². The minimum absolute atomic E-state index is 0. The normalized spacial score (nSPS) is 33.9. The SMILES string of the molecule is Br.O=[N+]([O-])c1c(N2CCC[N+]3(CC2)CC[N+]2(CCCNCC2)CC3)ncnc1N1CCC[N+]2(CC1)CC[N+]1(CCCNCC1)CC2.[Br-].[Br-].[Br-]. The summed E-state index contributed by atoms with van der Waals surface area (Å²) < 4.78 is 4.89. The lowest BCUT2D eigenvalue weighted by atomic mass is 10.1. The van der Waals surface area contributed by atoms with Crippen LogP contribution in [-0.4, -0.2) is 190 Å². The number of nitro groups is 1. The van der Waals surface area contributed by atoms with Gasteiger partial charge in [0.25, 0.3) is 0 Å². The van der Waals surface area contributed by atoms with E-state index in [1.54, 1.807) is 6.33 Å². The lowest BCUT2D eigenvalue weighted by Gasteiger charge is -2.49. The fourth-order valence-electron chi connectivity index (χ4n) is 9.84. The first-order chi connectivity index (χ1) is 21.9. The first-order valence-electron chi connectivity index (χ1n) is 18.2. The highest BCUT2D eigenvalue weighted by Crippen LogP contribution is 2.36. The number of nitrogens with zero attached hydrogens (tertiary/aromatic N) is 9. The molecule has 2 N–H and O–H groups in total. The van der Waals surface area contributed by atoms with Gasteiger partial charge in [-0.2, -0.15) is 0 Å². The van der Waals surface area contributed by atoms with E-state index in [2.05, 4.69) is 30.4 Å². The van der Waals surface area contributed by atoms with E-state index in [-0.39, 0.29) is 78.5 Å². The molecule has 17 heteroatoms. The minimum atomic E-state index is -0.195. The fourth-order valence-corrected chi connectivity index (χ4v) is 9.84. The van der Waals surface area contributed by atoms with Gasteiger partial charge in [0.15, 0.2) is 0 Å². The van der Waals surface area contributed by atoms with Crippen LogP contribution >= 0.6 is 17.0 Å². The molecule has 7 rings (SSSR count). The molecule has 6 saturated heterocycles. The van der Waals surface area contributed by atoms with Crippen molar-refractivity contribution in [1.29, 1.82) is 0 Å². The van der Waals surface area contributed by atoms with Crippen molar-refractivity contribution in [2.24, 2.45) is 0 Å². The highest BCUT2D eigenvalue weighted by atomic mass is 79.9. The Morgan fingerprint density at radius 3 is 1.29 bits per heavy atom. The van der Waals surface area contributed by atoms with Gasteiger partial charge in [-0.3, -0.25) is 10.1 Å². The Morgan fingerprint density at radius 2 is 0.898 bits per heavy atom. The third-order valence-corrected chi connectivity index (χ3v) is 13.1. The summed E-state index contributed by atoms with van der Waals surface area (Å²) in [5, 5.41) is 19.9. The average Bonchev–Trinajstić information content (AvgIpc) is 3.59. The maximum Gasteiger partial charge on any atom is 0.353 e. The molecule has 282 valence electrons. The van der Waals surface area contributed by atoms with E-state index < -0.39 is 0 Å². The highest BCUT2D eigenvalue weighted by Gasteiger charge is 2.45. The van der Waals surface area contributed by atoms with Gasteiger partial charge in [0.2, 0.25) is 11.6 Å². The Morgan fingerprint density at radius 1 is 0.531 bits per heavy atom. The van der Waals surface area contributed by atoms with Crippen LogP contribution in [0.4, 0.5) is 17.3 Å². The second-order valence-electron chi connectivity index (χ2n) is 15.5. The lowest BCUT2D eigenvalue weighted by molar-refractivity contribution is -1.03. The van der Waals surface area contributed by atoms with E-state index in [1.165, 1.54) is 113 Å². The fraction of sp³-hybridized carbons (Fsp3) is 0.875. The van der Waals surface area contributed by atoms with Crippen LogP contribution in [0.3, 0.4) is 0 Å². The second kappa shape index (κ2) is 18.7. The van der Waals surface area contributed by atoms with Crippen LogP contribution in [0, 0.1) is 10.1 Å². The molecule has 49 heavy (non-hydrogen) atoms. The molecule has 0 unspecified atom stereocenters. The number of hydrogen-bond acceptors (Lipinski definition) is 8. The van der Waals surface area contributed by atoms with Gasteiger partial charge in [0.05, 0.1) is 70.4 Å². The molecule has 0 amide bonds. The molecule has 0 radical (unpaired) electrons. The van der Waals surface area contributed by atoms with Crippen LogP contribution < -0.4 is 71.4 Å². The van der Waals surface area contributed by atoms with Crippen molar-refractivity contribution >= 4 is 34.3 Å². The van der Waals surface area contributed by atoms with Crippen molar-refractivity contribution in [3.8, 4) is 0 Å². The third kappa shape index (κ3) is 9.66. The van der Waals surface area contributed by atoms with E-state index in [0.717, 1.165) is 87.3 Å². The minimum Gasteiger partial charge on any atom is -1.00 e. The molecule has 13 nitrogen and oxygen atoms in total. The Labute approximate surface area is 335 Å². The summed E-state index contributed by atoms with van der Waals surface area (Å²) in [6, 6.07) is 0. The van der Waals surface area contributed by atoms with Crippen molar-refractivity contribution in [3.63, 3.8) is 0 Å². The Hall–Kier alpha value is -0.240. The Kier molecular flexibility index (Phi) is 16.5. The molecular formula is C32H60Br4N11O2+. The highest BCUT2D eigenvalue weighted by molar-refractivity contribution is 8.93. The predicted octanol–water partition coefficient (Wildman–Crippen LogP) is -8.32. The third-order valence-electron chi connectivity index (χ3n) is 13.1. The van der Waals surface area contributed by atoms with Gasteiger partial charge in [-0.1, -0.05) is 0 Å². The number of hydrogen-bond donors (Lipinski definition) is 2. The maximum absolute atomic E-state index is 12.7. The van der Waals surface area contributed by atoms with Crippen molar-refractivity contribution in [1.82, 2.24) is 20.6 Å². The van der Waals surface area contributed by atoms with Gasteiger partial charge in [0, 0.05) is 65.0 Å². The van der Waals surface area contributed by atoms with Gasteiger partial charge < -0.3 is 89.3 Å². The van der Waals surface area contributed by atoms with Crippen LogP contribution in [0.1, 0.15) is 25.7 Å². The van der Waals surface area contributed by atoms with Crippen molar-refractivity contribution < 1.29 is 73.8 Å². The summed E-state index contributed by atoms with van der Waals surface area (Å²) in [6.07, 6.45) is 6.26. The molecule has 0 aromatic carbocycles. The van der Waals surface area contributed by atoms with Gasteiger partial charge in [-0.05, 0) is 0 Å². The molecule has 6 aliphatic rings. The van der Waals surface area contributed by atoms with Gasteiger partial charge in [0.1, 0.15) is 58.7 Å². The summed E-state index contributed by atoms with van der Waals surface area (Å²) >= 11 is 0. The second-order valence-corrected chi connectivity index (χ2v) is 15.5. The molecule has 1 aromatic rings. The molecular weight excluding hydrogens is 890 g/mol. The van der Waals surface area contributed by atoms with E-state index in [0.29, 0.717) is 11.6 Å². The van der Waals surface area contributed by atoms with Crippen LogP contribution in [-0.2, 0) is 0 Å². The average molecular weight is 951 g/mol. The smallest absolute Gasteiger partial charge is 0.353 e. The van der Waals surface area contributed by atoms with E-state index >= 15 is 0 Å². The number of halogens is 4. The monoisotopic (exact) mass is 946 g/mol. The van der Waals surface area contributed by atoms with E-state index in [1.807, 2.05) is 0 Å². The number of quaternary nitrogens is 4. The van der Waals surface area contributed by atoms with Crippen LogP contribution in [0.2, 0.25) is 0 Å². The topological polar surface area (TPSA) is 99.5 Å². The quantitative estimate of drug-likeness (QED) is 0.176. The summed E-state index contributed by atoms with van der Waals surface area (Å²) in [5.41, 5.74) is 0.125. The first-order valence-corrected chi connectivity index (χ1v) is 18.2. The van der Waals surface area contributed by atoms with Crippen molar-refractivity contribution in [2.75, 3.05) is 167 Å². The van der Waals surface area contributed by atoms with Gasteiger partial charge >= 0.3 is 5.69 Å². The predicted molar refractivity (Wildman–Crippen MR) is 187 cm³/mol. The van der Waals surface area contributed by atoms with Crippen molar-refractivity contribution in [3.05, 3.63) is 16.4 Å². The summed E-state index contributed by atoms with van der Waals surface area (Å²) in [6.45, 7) is 27.5. The summed E-state index contributed by atoms with van der Waals surface area (Å²) in [4.78, 5) is 26.2. The molecule has 1 aromatic heterocycles. The zero-order valence-electron chi connectivity index (χ0n) is 29.3. The molecule has 6 fully saturated rings. The molecule has 0 bridgehead atoms. The molecule has 0 atom stereocenters. The Bertz CT molecular complexity index is 1100. The van der Waals surface area contributed by atoms with Crippen LogP contribution in [0.15, 0.2) is 6.33 Å². The molecule has 0 aliphatic carbocycles. The largest absolute Gasteiger partial charge is 1.00 e. The lowest BCUT2D eigenvalue weighted by Crippen LogP contribution is -3.00. The summed E-state index contributed by atoms with van der Waals surface area (Å²) in [5.74, 6) is 1.08. The molecule has 7 heterocycles. The van der Waals surface area contributed by atoms with E-state index in [4.69, 9.17) is 0 Å². The first kappa shape index (κ1) is 43.2. The Balaban J connectivity index is 0.00000163. The molecule has 0 saturated carbocycles. The zero-order chi connectivity index (χ0) is 30.8. The standard InChI is InChI=1S/C32H59N11O2.4BrH/c44-39(45)30-31(37-9-3-15-42(19-11-37)25-21-40(22-26-42)13-1-5-33-7-17-40)35-29-36-32(30)38-10-4-16-43(20-12-38)27-23-41(24-28-43)14-2-6-34-8-18-41;;;;/h29,33-34H,1-28H2;4*1H/q+4;;;;/p-3. The van der Waals surface area contributed by atoms with Crippen molar-refractivity contribution in [2.45, 2.75) is 25.7 Å². The van der Waals surface area contributed by atoms with Gasteiger partial charge in [-0.15, -0.1) is 17.0 Å². The number of anilines is 2. The maximum atomic E-state index is 12.7. The van der Waals surface area contributed by atoms with Crippen LogP contribution in [0.25, 0.3) is 0 Å². The molecule has 6 aliphatic heterocycles. The summed E-state index contributed by atoms with van der Waals surface area (Å²) in [7, 11) is 0. The van der Waals surface area contributed by atoms with Gasteiger partial charge in [-0.25, -0.2) is 9.97 Å². The van der Waals surface area contributed by atoms with E-state index in [9.17, 15) is 10.1 Å². The number of aromatic nitrogens is 2.